The number of fused-ring (bicyclic) bond motifs is 2. The number of carbonyl (C=O) groups is 1. The zero-order valence-corrected chi connectivity index (χ0v) is 23.4. The van der Waals surface area contributed by atoms with Gasteiger partial charge in [0.25, 0.3) is 0 Å². The zero-order chi connectivity index (χ0) is 30.3. The predicted molar refractivity (Wildman–Crippen MR) is 151 cm³/mol. The van der Waals surface area contributed by atoms with Crippen molar-refractivity contribution in [2.24, 2.45) is 0 Å². The van der Waals surface area contributed by atoms with Crippen molar-refractivity contribution in [2.75, 3.05) is 13.2 Å². The van der Waals surface area contributed by atoms with Crippen molar-refractivity contribution >= 4 is 17.0 Å². The van der Waals surface area contributed by atoms with Gasteiger partial charge in [0.15, 0.2) is 0 Å². The summed E-state index contributed by atoms with van der Waals surface area (Å²) in [7, 11) is 0. The van der Waals surface area contributed by atoms with Crippen molar-refractivity contribution in [1.29, 1.82) is 5.26 Å². The fraction of sp³-hybridized carbons (Fsp3) is 0.344. The van der Waals surface area contributed by atoms with E-state index in [-0.39, 0.29) is 30.1 Å². The summed E-state index contributed by atoms with van der Waals surface area (Å²) in [5.41, 5.74) is 3.25. The average molecular weight is 591 g/mol. The molecule has 4 aromatic rings. The number of aromatic carboxylic acids is 1. The first kappa shape index (κ1) is 28.7. The third-order valence-electron chi connectivity index (χ3n) is 8.29. The molecule has 0 amide bonds. The molecule has 0 spiro atoms. The summed E-state index contributed by atoms with van der Waals surface area (Å²) in [6, 6.07) is 15.9. The summed E-state index contributed by atoms with van der Waals surface area (Å²) in [4.78, 5) is 18.6. The number of imidazole rings is 1. The van der Waals surface area contributed by atoms with E-state index in [9.17, 15) is 23.1 Å². The molecular formula is C32H29F3N4O4. The molecule has 2 aliphatic rings. The SMILES string of the molecule is C[C@H]1c2cc(OCc3ccc(C#N)cc3)c(C(F)(F)F)cc2CCN1Cc1nc2ccc(C(=O)O)cc2n1C[C@@H]1CCO1. The minimum atomic E-state index is -4.58. The van der Waals surface area contributed by atoms with Crippen LogP contribution < -0.4 is 4.74 Å². The molecule has 0 aliphatic carbocycles. The van der Waals surface area contributed by atoms with E-state index in [4.69, 9.17) is 19.7 Å². The number of nitrogens with zero attached hydrogens (tertiary/aromatic N) is 4. The smallest absolute Gasteiger partial charge is 0.419 e. The summed E-state index contributed by atoms with van der Waals surface area (Å²) >= 11 is 0. The number of halogens is 3. The molecule has 1 N–H and O–H groups in total. The molecule has 8 nitrogen and oxygen atoms in total. The Bertz CT molecular complexity index is 1720. The van der Waals surface area contributed by atoms with Crippen LogP contribution in [-0.2, 0) is 37.0 Å². The summed E-state index contributed by atoms with van der Waals surface area (Å²) in [6.07, 6.45) is -3.24. The van der Waals surface area contributed by atoms with Gasteiger partial charge in [0.2, 0.25) is 0 Å². The van der Waals surface area contributed by atoms with E-state index in [1.165, 1.54) is 18.2 Å². The third kappa shape index (κ3) is 5.81. The van der Waals surface area contributed by atoms with Crippen molar-refractivity contribution in [2.45, 2.75) is 57.8 Å². The number of hydrogen-bond acceptors (Lipinski definition) is 6. The lowest BCUT2D eigenvalue weighted by molar-refractivity contribution is -0.139. The van der Waals surface area contributed by atoms with Crippen molar-refractivity contribution in [3.8, 4) is 11.8 Å². The number of rotatable bonds is 8. The van der Waals surface area contributed by atoms with Crippen LogP contribution in [0.2, 0.25) is 0 Å². The van der Waals surface area contributed by atoms with Crippen LogP contribution in [0.1, 0.15) is 63.4 Å². The van der Waals surface area contributed by atoms with Gasteiger partial charge < -0.3 is 19.1 Å². The van der Waals surface area contributed by atoms with Crippen LogP contribution in [0.25, 0.3) is 11.0 Å². The Hall–Kier alpha value is -4.40. The van der Waals surface area contributed by atoms with E-state index in [0.29, 0.717) is 60.4 Å². The highest BCUT2D eigenvalue weighted by atomic mass is 19.4. The van der Waals surface area contributed by atoms with Crippen LogP contribution >= 0.6 is 0 Å². The molecule has 6 rings (SSSR count). The molecule has 0 radical (unpaired) electrons. The molecule has 3 heterocycles. The first-order chi connectivity index (χ1) is 20.6. The number of carboxylic acids is 1. The molecule has 43 heavy (non-hydrogen) atoms. The quantitative estimate of drug-likeness (QED) is 0.264. The van der Waals surface area contributed by atoms with Crippen LogP contribution in [0.3, 0.4) is 0 Å². The van der Waals surface area contributed by atoms with Gasteiger partial charge in [-0.1, -0.05) is 12.1 Å². The van der Waals surface area contributed by atoms with E-state index in [1.54, 1.807) is 36.4 Å². The Morgan fingerprint density at radius 1 is 1.19 bits per heavy atom. The maximum atomic E-state index is 14.1. The van der Waals surface area contributed by atoms with Gasteiger partial charge in [0.05, 0.1) is 53.0 Å². The highest BCUT2D eigenvalue weighted by molar-refractivity contribution is 5.92. The molecule has 1 fully saturated rings. The lowest BCUT2D eigenvalue weighted by atomic mass is 9.91. The van der Waals surface area contributed by atoms with Crippen molar-refractivity contribution < 1.29 is 32.5 Å². The fourth-order valence-electron chi connectivity index (χ4n) is 5.74. The highest BCUT2D eigenvalue weighted by Gasteiger charge is 2.37. The Balaban J connectivity index is 1.29. The minimum Gasteiger partial charge on any atom is -0.488 e. The Labute approximate surface area is 245 Å². The van der Waals surface area contributed by atoms with Crippen LogP contribution in [0.5, 0.6) is 5.75 Å². The van der Waals surface area contributed by atoms with Gasteiger partial charge in [-0.15, -0.1) is 0 Å². The second kappa shape index (κ2) is 11.4. The second-order valence-electron chi connectivity index (χ2n) is 11.0. The van der Waals surface area contributed by atoms with E-state index in [2.05, 4.69) is 4.90 Å². The number of nitriles is 1. The molecule has 1 aromatic heterocycles. The average Bonchev–Trinajstić information content (AvgIpc) is 3.30. The minimum absolute atomic E-state index is 0.0146. The molecular weight excluding hydrogens is 561 g/mol. The Morgan fingerprint density at radius 3 is 2.60 bits per heavy atom. The molecule has 222 valence electrons. The zero-order valence-electron chi connectivity index (χ0n) is 23.4. The van der Waals surface area contributed by atoms with Crippen molar-refractivity contribution in [3.63, 3.8) is 0 Å². The number of aromatic nitrogens is 2. The molecule has 0 saturated carbocycles. The standard InChI is InChI=1S/C32H29F3N4O4/c1-19-25-14-29(43-18-21-4-2-20(15-36)3-5-21)26(32(33,34)35)12-22(25)8-10-38(19)17-30-37-27-7-6-23(31(40)41)13-28(27)39(30)16-24-9-11-42-24/h2-7,12-14,19,24H,8-11,16-18H2,1H3,(H,40,41)/t19-,24-/m0/s1. The molecule has 0 unspecified atom stereocenters. The van der Waals surface area contributed by atoms with Crippen molar-refractivity contribution in [3.05, 3.63) is 93.8 Å². The first-order valence-electron chi connectivity index (χ1n) is 14.0. The van der Waals surface area contributed by atoms with Gasteiger partial charge >= 0.3 is 12.1 Å². The predicted octanol–water partition coefficient (Wildman–Crippen LogP) is 6.11. The Kier molecular flexibility index (Phi) is 7.58. The fourth-order valence-corrected chi connectivity index (χ4v) is 5.74. The number of hydrogen-bond donors (Lipinski definition) is 1. The van der Waals surface area contributed by atoms with Crippen LogP contribution in [-0.4, -0.2) is 44.8 Å². The Morgan fingerprint density at radius 2 is 1.95 bits per heavy atom. The lowest BCUT2D eigenvalue weighted by Gasteiger charge is -2.36. The topological polar surface area (TPSA) is 101 Å². The van der Waals surface area contributed by atoms with E-state index >= 15 is 0 Å². The lowest BCUT2D eigenvalue weighted by Crippen LogP contribution is -2.36. The normalized spacial score (nSPS) is 18.6. The summed E-state index contributed by atoms with van der Waals surface area (Å²) in [5.74, 6) is -0.514. The number of carboxylic acid groups (broad SMARTS) is 1. The van der Waals surface area contributed by atoms with Gasteiger partial charge in [0.1, 0.15) is 18.2 Å². The van der Waals surface area contributed by atoms with Crippen molar-refractivity contribution in [1.82, 2.24) is 14.5 Å². The molecule has 3 aromatic carbocycles. The van der Waals surface area contributed by atoms with Crippen LogP contribution in [0.4, 0.5) is 13.2 Å². The molecule has 11 heteroatoms. The molecule has 2 aliphatic heterocycles. The first-order valence-corrected chi connectivity index (χ1v) is 14.0. The summed E-state index contributed by atoms with van der Waals surface area (Å²) in [5, 5.41) is 18.5. The summed E-state index contributed by atoms with van der Waals surface area (Å²) in [6.45, 7) is 4.06. The third-order valence-corrected chi connectivity index (χ3v) is 8.29. The number of ether oxygens (including phenoxy) is 2. The van der Waals surface area contributed by atoms with Crippen LogP contribution in [0, 0.1) is 11.3 Å². The molecule has 0 bridgehead atoms. The van der Waals surface area contributed by atoms with E-state index in [1.807, 2.05) is 17.6 Å². The van der Waals surface area contributed by atoms with E-state index in [0.717, 1.165) is 17.8 Å². The largest absolute Gasteiger partial charge is 0.488 e. The highest BCUT2D eigenvalue weighted by Crippen LogP contribution is 2.42. The van der Waals surface area contributed by atoms with Gasteiger partial charge in [-0.2, -0.15) is 18.4 Å². The number of alkyl halides is 3. The molecule has 1 saturated heterocycles. The molecule has 2 atom stereocenters. The van der Waals surface area contributed by atoms with Crippen LogP contribution in [0.15, 0.2) is 54.6 Å². The monoisotopic (exact) mass is 590 g/mol. The second-order valence-corrected chi connectivity index (χ2v) is 11.0. The van der Waals surface area contributed by atoms with Gasteiger partial charge in [0, 0.05) is 19.2 Å². The van der Waals surface area contributed by atoms with Gasteiger partial charge in [-0.05, 0) is 78.9 Å². The van der Waals surface area contributed by atoms with E-state index < -0.39 is 17.7 Å². The number of benzene rings is 3. The van der Waals surface area contributed by atoms with Gasteiger partial charge in [-0.25, -0.2) is 9.78 Å². The van der Waals surface area contributed by atoms with Gasteiger partial charge in [-0.3, -0.25) is 4.90 Å². The maximum Gasteiger partial charge on any atom is 0.419 e. The summed E-state index contributed by atoms with van der Waals surface area (Å²) < 4.78 is 55.7. The maximum absolute atomic E-state index is 14.1.